The number of carbonyl (C=O) groups is 1. The molecule has 2 N–H and O–H groups in total. The molecule has 8 nitrogen and oxygen atoms in total. The second kappa shape index (κ2) is 8.39. The Morgan fingerprint density at radius 3 is 2.74 bits per heavy atom. The minimum Gasteiger partial charge on any atom is -0.365 e. The highest BCUT2D eigenvalue weighted by Gasteiger charge is 2.38. The number of nitrogens with zero attached hydrogens (tertiary/aromatic N) is 5. The van der Waals surface area contributed by atoms with Gasteiger partial charge in [0.2, 0.25) is 5.95 Å². The fraction of sp³-hybridized carbons (Fsp3) is 0.346. The second-order valence-corrected chi connectivity index (χ2v) is 10.1. The predicted octanol–water partition coefficient (Wildman–Crippen LogP) is 4.10. The van der Waals surface area contributed by atoms with E-state index in [4.69, 9.17) is 11.6 Å². The van der Waals surface area contributed by atoms with Crippen LogP contribution in [0.25, 0.3) is 0 Å². The van der Waals surface area contributed by atoms with Crippen molar-refractivity contribution in [1.82, 2.24) is 15.3 Å². The lowest BCUT2D eigenvalue weighted by atomic mass is 10.1. The SMILES string of the molecule is Cc1cc(Nc2ncc3c(n2)N(C)CN(c2c(C)cccc2Cl)C3=O)ccc1N1C[C@@H]2C[C@H]1CN2. The van der Waals surface area contributed by atoms with Crippen LogP contribution in [-0.4, -0.2) is 54.8 Å². The van der Waals surface area contributed by atoms with E-state index >= 15 is 0 Å². The number of fused-ring (bicyclic) bond motifs is 3. The van der Waals surface area contributed by atoms with Gasteiger partial charge in [-0.3, -0.25) is 9.69 Å². The van der Waals surface area contributed by atoms with E-state index in [2.05, 4.69) is 50.6 Å². The Bertz CT molecular complexity index is 1310. The fourth-order valence-corrected chi connectivity index (χ4v) is 5.87. The zero-order valence-electron chi connectivity index (χ0n) is 20.0. The Labute approximate surface area is 209 Å². The summed E-state index contributed by atoms with van der Waals surface area (Å²) >= 11 is 6.44. The molecule has 2 fully saturated rings. The Hall–Kier alpha value is -3.36. The van der Waals surface area contributed by atoms with Gasteiger partial charge in [0.25, 0.3) is 5.91 Å². The number of para-hydroxylation sites is 1. The Kier molecular flexibility index (Phi) is 5.30. The third-order valence-electron chi connectivity index (χ3n) is 7.24. The van der Waals surface area contributed by atoms with E-state index in [-0.39, 0.29) is 5.91 Å². The summed E-state index contributed by atoms with van der Waals surface area (Å²) in [5.74, 6) is 0.903. The van der Waals surface area contributed by atoms with E-state index in [0.717, 1.165) is 30.0 Å². The van der Waals surface area contributed by atoms with Gasteiger partial charge < -0.3 is 20.4 Å². The minimum absolute atomic E-state index is 0.157. The molecule has 1 aromatic heterocycles. The van der Waals surface area contributed by atoms with E-state index in [1.807, 2.05) is 31.0 Å². The van der Waals surface area contributed by atoms with Crippen LogP contribution in [0.1, 0.15) is 27.9 Å². The van der Waals surface area contributed by atoms with E-state index in [9.17, 15) is 4.79 Å². The van der Waals surface area contributed by atoms with Gasteiger partial charge in [-0.1, -0.05) is 23.7 Å². The number of hydrogen-bond donors (Lipinski definition) is 2. The van der Waals surface area contributed by atoms with Crippen molar-refractivity contribution in [2.75, 3.05) is 46.8 Å². The predicted molar refractivity (Wildman–Crippen MR) is 140 cm³/mol. The zero-order valence-corrected chi connectivity index (χ0v) is 20.8. The van der Waals surface area contributed by atoms with Crippen LogP contribution in [0.5, 0.6) is 0 Å². The van der Waals surface area contributed by atoms with Gasteiger partial charge >= 0.3 is 0 Å². The number of carbonyl (C=O) groups excluding carboxylic acids is 1. The second-order valence-electron chi connectivity index (χ2n) is 9.68. The van der Waals surface area contributed by atoms with E-state index in [1.54, 1.807) is 17.2 Å². The molecule has 1 amide bonds. The zero-order chi connectivity index (χ0) is 24.3. The minimum atomic E-state index is -0.157. The van der Waals surface area contributed by atoms with E-state index in [0.29, 0.717) is 41.1 Å². The van der Waals surface area contributed by atoms with Gasteiger partial charge in [0.05, 0.1) is 17.4 Å². The number of piperazine rings is 1. The standard InChI is InChI=1S/C26H28ClN7O/c1-15-5-4-6-21(27)23(15)34-14-32(3)24-20(25(34)35)12-29-26(31-24)30-17-7-8-22(16(2)9-17)33-13-18-10-19(33)11-28-18/h4-9,12,18-19,28H,10-11,13-14H2,1-3H3,(H,29,30,31)/t18-,19-/m0/s1. The number of nitrogens with one attached hydrogen (secondary N) is 2. The summed E-state index contributed by atoms with van der Waals surface area (Å²) in [6.45, 7) is 6.58. The molecule has 35 heavy (non-hydrogen) atoms. The van der Waals surface area contributed by atoms with E-state index < -0.39 is 0 Å². The summed E-state index contributed by atoms with van der Waals surface area (Å²) in [5.41, 5.74) is 5.55. The highest BCUT2D eigenvalue weighted by Crippen LogP contribution is 2.36. The highest BCUT2D eigenvalue weighted by atomic mass is 35.5. The number of anilines is 5. The van der Waals surface area contributed by atoms with Crippen molar-refractivity contribution in [3.05, 3.63) is 64.3 Å². The first kappa shape index (κ1) is 22.1. The van der Waals surface area contributed by atoms with E-state index in [1.165, 1.54) is 17.7 Å². The number of rotatable bonds is 4. The van der Waals surface area contributed by atoms with Crippen LogP contribution in [0.3, 0.4) is 0 Å². The quantitative estimate of drug-likeness (QED) is 0.571. The molecule has 2 saturated heterocycles. The lowest BCUT2D eigenvalue weighted by molar-refractivity contribution is 0.0982. The van der Waals surface area contributed by atoms with Crippen LogP contribution < -0.4 is 25.3 Å². The van der Waals surface area contributed by atoms with Crippen molar-refractivity contribution in [2.45, 2.75) is 32.4 Å². The molecular formula is C26H28ClN7O. The maximum Gasteiger partial charge on any atom is 0.265 e. The molecule has 180 valence electrons. The van der Waals surface area contributed by atoms with Crippen LogP contribution in [0.2, 0.25) is 5.02 Å². The number of aryl methyl sites for hydroxylation is 2. The van der Waals surface area contributed by atoms with Crippen molar-refractivity contribution in [2.24, 2.45) is 0 Å². The monoisotopic (exact) mass is 489 g/mol. The number of halogens is 1. The molecular weight excluding hydrogens is 462 g/mol. The molecule has 9 heteroatoms. The van der Waals surface area contributed by atoms with Crippen LogP contribution in [-0.2, 0) is 0 Å². The molecule has 2 bridgehead atoms. The average Bonchev–Trinajstić information content (AvgIpc) is 3.46. The third-order valence-corrected chi connectivity index (χ3v) is 7.54. The molecule has 0 radical (unpaired) electrons. The van der Waals surface area contributed by atoms with Crippen LogP contribution in [0, 0.1) is 13.8 Å². The average molecular weight is 490 g/mol. The van der Waals surface area contributed by atoms with Gasteiger partial charge in [-0.25, -0.2) is 4.98 Å². The van der Waals surface area contributed by atoms with Gasteiger partial charge in [-0.15, -0.1) is 0 Å². The van der Waals surface area contributed by atoms with Crippen molar-refractivity contribution in [3.8, 4) is 0 Å². The van der Waals surface area contributed by atoms with Gasteiger partial charge in [-0.05, 0) is 55.7 Å². The first-order valence-corrected chi connectivity index (χ1v) is 12.3. The Morgan fingerprint density at radius 1 is 1.17 bits per heavy atom. The Morgan fingerprint density at radius 2 is 2.03 bits per heavy atom. The molecule has 3 aliphatic rings. The van der Waals surface area contributed by atoms with Crippen LogP contribution >= 0.6 is 11.6 Å². The van der Waals surface area contributed by atoms with Crippen LogP contribution in [0.4, 0.5) is 28.8 Å². The number of hydrogen-bond acceptors (Lipinski definition) is 7. The van der Waals surface area contributed by atoms with Crippen molar-refractivity contribution in [3.63, 3.8) is 0 Å². The summed E-state index contributed by atoms with van der Waals surface area (Å²) in [6.07, 6.45) is 2.82. The topological polar surface area (TPSA) is 76.6 Å². The number of benzene rings is 2. The first-order valence-electron chi connectivity index (χ1n) is 11.9. The largest absolute Gasteiger partial charge is 0.365 e. The summed E-state index contributed by atoms with van der Waals surface area (Å²) in [5, 5.41) is 7.43. The third kappa shape index (κ3) is 3.77. The number of aromatic nitrogens is 2. The molecule has 6 rings (SSSR count). The maximum atomic E-state index is 13.3. The summed E-state index contributed by atoms with van der Waals surface area (Å²) in [7, 11) is 1.92. The molecule has 0 saturated carbocycles. The molecule has 0 aliphatic carbocycles. The Balaban J connectivity index is 1.24. The summed E-state index contributed by atoms with van der Waals surface area (Å²) in [6, 6.07) is 13.2. The number of amides is 1. The van der Waals surface area contributed by atoms with Gasteiger partial charge in [-0.2, -0.15) is 4.98 Å². The van der Waals surface area contributed by atoms with Gasteiger partial charge in [0.15, 0.2) is 0 Å². The fourth-order valence-electron chi connectivity index (χ4n) is 5.54. The molecule has 0 spiro atoms. The van der Waals surface area contributed by atoms with Gasteiger partial charge in [0.1, 0.15) is 11.4 Å². The van der Waals surface area contributed by atoms with Gasteiger partial charge in [0, 0.05) is 49.8 Å². The molecule has 2 aromatic carbocycles. The highest BCUT2D eigenvalue weighted by molar-refractivity contribution is 6.34. The molecule has 2 atom stereocenters. The molecule has 3 aliphatic heterocycles. The molecule has 4 heterocycles. The lowest BCUT2D eigenvalue weighted by Crippen LogP contribution is -2.46. The summed E-state index contributed by atoms with van der Waals surface area (Å²) in [4.78, 5) is 28.6. The van der Waals surface area contributed by atoms with Crippen molar-refractivity contribution < 1.29 is 4.79 Å². The van der Waals surface area contributed by atoms with Crippen LogP contribution in [0.15, 0.2) is 42.6 Å². The lowest BCUT2D eigenvalue weighted by Gasteiger charge is -2.35. The maximum absolute atomic E-state index is 13.3. The first-order chi connectivity index (χ1) is 16.9. The molecule has 3 aromatic rings. The normalized spacial score (nSPS) is 21.0. The summed E-state index contributed by atoms with van der Waals surface area (Å²) < 4.78 is 0. The van der Waals surface area contributed by atoms with Crippen molar-refractivity contribution in [1.29, 1.82) is 0 Å². The molecule has 0 unspecified atom stereocenters. The smallest absolute Gasteiger partial charge is 0.265 e. The van der Waals surface area contributed by atoms with Crippen molar-refractivity contribution >= 4 is 46.3 Å².